The zero-order valence-electron chi connectivity index (χ0n) is 25.5. The molecule has 2 saturated carbocycles. The van der Waals surface area contributed by atoms with Crippen molar-refractivity contribution >= 4 is 32.8 Å². The molecule has 44 heavy (non-hydrogen) atoms. The van der Waals surface area contributed by atoms with Crippen LogP contribution in [0.2, 0.25) is 0 Å². The Balaban J connectivity index is 1.40. The van der Waals surface area contributed by atoms with Crippen molar-refractivity contribution in [2.75, 3.05) is 29.9 Å². The molecule has 2 fully saturated rings. The Labute approximate surface area is 255 Å². The SMILES string of the molecule is CC(C)n1c(=O)c(-c2ccc(NS(=O)(=O)CC3(C(F)F)CCCC3)c(F)c2)nc2cnc(NC3CCC(N(C)C)CC3)nc21. The van der Waals surface area contributed by atoms with Crippen LogP contribution in [0.1, 0.15) is 71.3 Å². The van der Waals surface area contributed by atoms with E-state index in [1.165, 1.54) is 22.9 Å². The molecule has 5 rings (SSSR count). The summed E-state index contributed by atoms with van der Waals surface area (Å²) < 4.78 is 72.0. The van der Waals surface area contributed by atoms with Crippen molar-refractivity contribution in [2.45, 2.75) is 89.8 Å². The van der Waals surface area contributed by atoms with Gasteiger partial charge in [-0.3, -0.25) is 14.1 Å². The Morgan fingerprint density at radius 2 is 1.77 bits per heavy atom. The van der Waals surface area contributed by atoms with Crippen LogP contribution in [0.4, 0.5) is 24.8 Å². The molecule has 240 valence electrons. The van der Waals surface area contributed by atoms with Crippen molar-refractivity contribution in [3.8, 4) is 11.3 Å². The van der Waals surface area contributed by atoms with Crippen LogP contribution >= 0.6 is 0 Å². The monoisotopic (exact) mass is 635 g/mol. The summed E-state index contributed by atoms with van der Waals surface area (Å²) in [6.45, 7) is 3.66. The molecule has 2 aromatic heterocycles. The van der Waals surface area contributed by atoms with Crippen molar-refractivity contribution in [2.24, 2.45) is 5.41 Å². The fourth-order valence-corrected chi connectivity index (χ4v) is 8.23. The Morgan fingerprint density at radius 1 is 1.09 bits per heavy atom. The molecule has 2 aliphatic carbocycles. The first-order valence-electron chi connectivity index (χ1n) is 15.1. The Hall–Kier alpha value is -3.26. The highest BCUT2D eigenvalue weighted by Crippen LogP contribution is 2.44. The highest BCUT2D eigenvalue weighted by Gasteiger charge is 2.46. The number of hydrogen-bond acceptors (Lipinski definition) is 8. The van der Waals surface area contributed by atoms with Crippen LogP contribution in [-0.4, -0.2) is 71.2 Å². The standard InChI is InChI=1S/C30H40F3N7O3S/c1-18(2)40-26-24(16-34-29(37-26)35-20-8-10-21(11-9-20)39(3)4)36-25(27(40)41)19-7-12-23(22(31)15-19)38-44(42,43)17-30(28(32)33)13-5-6-14-30/h7,12,15-16,18,20-21,28,38H,5-6,8-11,13-14,17H2,1-4H3,(H,34,35,37). The van der Waals surface area contributed by atoms with Crippen LogP contribution in [0.25, 0.3) is 22.4 Å². The summed E-state index contributed by atoms with van der Waals surface area (Å²) in [5.41, 5.74) is -1.74. The number of halogens is 3. The summed E-state index contributed by atoms with van der Waals surface area (Å²) in [7, 11) is -0.0955. The van der Waals surface area contributed by atoms with E-state index in [4.69, 9.17) is 0 Å². The van der Waals surface area contributed by atoms with Gasteiger partial charge >= 0.3 is 0 Å². The van der Waals surface area contributed by atoms with Crippen molar-refractivity contribution in [3.63, 3.8) is 0 Å². The normalized spacial score (nSPS) is 20.6. The van der Waals surface area contributed by atoms with Gasteiger partial charge in [0.05, 0.1) is 17.6 Å². The minimum Gasteiger partial charge on any atom is -0.351 e. The third-order valence-electron chi connectivity index (χ3n) is 8.96. The van der Waals surface area contributed by atoms with Crippen LogP contribution in [0.15, 0.2) is 29.2 Å². The van der Waals surface area contributed by atoms with Gasteiger partial charge in [0.2, 0.25) is 22.4 Å². The number of anilines is 2. The third-order valence-corrected chi connectivity index (χ3v) is 10.4. The summed E-state index contributed by atoms with van der Waals surface area (Å²) in [5, 5.41) is 3.40. The van der Waals surface area contributed by atoms with Crippen LogP contribution < -0.4 is 15.6 Å². The lowest BCUT2D eigenvalue weighted by Gasteiger charge is -2.32. The number of rotatable bonds is 10. The minimum atomic E-state index is -4.27. The molecule has 14 heteroatoms. The van der Waals surface area contributed by atoms with Gasteiger partial charge in [0, 0.05) is 29.1 Å². The van der Waals surface area contributed by atoms with Gasteiger partial charge in [-0.15, -0.1) is 0 Å². The van der Waals surface area contributed by atoms with Crippen molar-refractivity contribution in [1.82, 2.24) is 24.4 Å². The Kier molecular flexibility index (Phi) is 9.22. The average molecular weight is 636 g/mol. The average Bonchev–Trinajstić information content (AvgIpc) is 3.43. The third kappa shape index (κ3) is 6.70. The molecule has 2 N–H and O–H groups in total. The Morgan fingerprint density at radius 3 is 2.36 bits per heavy atom. The molecule has 0 radical (unpaired) electrons. The van der Waals surface area contributed by atoms with E-state index in [2.05, 4.69) is 44.0 Å². The number of sulfonamides is 1. The molecule has 0 aliphatic heterocycles. The summed E-state index contributed by atoms with van der Waals surface area (Å²) in [5.74, 6) is -1.35. The fraction of sp³-hybridized carbons (Fsp3) is 0.600. The molecule has 2 aliphatic rings. The molecule has 2 heterocycles. The zero-order valence-corrected chi connectivity index (χ0v) is 26.3. The first-order chi connectivity index (χ1) is 20.8. The van der Waals surface area contributed by atoms with Crippen LogP contribution in [0.5, 0.6) is 0 Å². The van der Waals surface area contributed by atoms with Crippen LogP contribution in [0, 0.1) is 11.2 Å². The van der Waals surface area contributed by atoms with E-state index >= 15 is 4.39 Å². The first-order valence-corrected chi connectivity index (χ1v) is 16.7. The van der Waals surface area contributed by atoms with Crippen LogP contribution in [-0.2, 0) is 10.0 Å². The highest BCUT2D eigenvalue weighted by molar-refractivity contribution is 7.92. The lowest BCUT2D eigenvalue weighted by atomic mass is 9.89. The zero-order chi connectivity index (χ0) is 31.8. The van der Waals surface area contributed by atoms with Gasteiger partial charge in [-0.25, -0.2) is 31.6 Å². The summed E-state index contributed by atoms with van der Waals surface area (Å²) in [6, 6.07) is 4.02. The summed E-state index contributed by atoms with van der Waals surface area (Å²) >= 11 is 0. The largest absolute Gasteiger partial charge is 0.351 e. The first kappa shape index (κ1) is 32.1. The number of fused-ring (bicyclic) bond motifs is 1. The number of alkyl halides is 2. The molecular weight excluding hydrogens is 595 g/mol. The van der Waals surface area contributed by atoms with Gasteiger partial charge in [-0.05, 0) is 78.6 Å². The van der Waals surface area contributed by atoms with E-state index in [9.17, 15) is 22.0 Å². The van der Waals surface area contributed by atoms with E-state index in [1.54, 1.807) is 0 Å². The van der Waals surface area contributed by atoms with E-state index in [0.717, 1.165) is 31.7 Å². The number of nitrogens with one attached hydrogen (secondary N) is 2. The van der Waals surface area contributed by atoms with Gasteiger partial charge in [-0.2, -0.15) is 4.98 Å². The van der Waals surface area contributed by atoms with Gasteiger partial charge in [0.25, 0.3) is 5.56 Å². The molecule has 0 bridgehead atoms. The van der Waals surface area contributed by atoms with E-state index in [0.29, 0.717) is 36.0 Å². The maximum Gasteiger partial charge on any atom is 0.278 e. The lowest BCUT2D eigenvalue weighted by molar-refractivity contribution is 0.0142. The lowest BCUT2D eigenvalue weighted by Crippen LogP contribution is -2.37. The topological polar surface area (TPSA) is 122 Å². The van der Waals surface area contributed by atoms with E-state index in [1.807, 2.05) is 13.8 Å². The van der Waals surface area contributed by atoms with E-state index < -0.39 is 39.0 Å². The minimum absolute atomic E-state index is 0.0477. The molecule has 3 aromatic rings. The molecule has 0 unspecified atom stereocenters. The number of hydrogen-bond donors (Lipinski definition) is 2. The van der Waals surface area contributed by atoms with Crippen LogP contribution in [0.3, 0.4) is 0 Å². The van der Waals surface area contributed by atoms with Crippen molar-refractivity contribution < 1.29 is 21.6 Å². The summed E-state index contributed by atoms with van der Waals surface area (Å²) in [6.07, 6.45) is 4.05. The van der Waals surface area contributed by atoms with Crippen molar-refractivity contribution in [1.29, 1.82) is 0 Å². The quantitative estimate of drug-likeness (QED) is 0.303. The molecule has 0 atom stereocenters. The molecule has 0 amide bonds. The Bertz CT molecular complexity index is 1670. The molecule has 0 saturated heterocycles. The van der Waals surface area contributed by atoms with Gasteiger partial charge < -0.3 is 10.2 Å². The second-order valence-corrected chi connectivity index (χ2v) is 14.4. The van der Waals surface area contributed by atoms with Gasteiger partial charge in [0.1, 0.15) is 17.0 Å². The predicted octanol–water partition coefficient (Wildman–Crippen LogP) is 5.43. The maximum atomic E-state index is 15.2. The van der Waals surface area contributed by atoms with Crippen molar-refractivity contribution in [3.05, 3.63) is 40.6 Å². The van der Waals surface area contributed by atoms with Gasteiger partial charge in [-0.1, -0.05) is 18.9 Å². The fourth-order valence-electron chi connectivity index (χ4n) is 6.49. The van der Waals surface area contributed by atoms with E-state index in [-0.39, 0.29) is 41.9 Å². The smallest absolute Gasteiger partial charge is 0.278 e. The second-order valence-electron chi connectivity index (χ2n) is 12.7. The van der Waals surface area contributed by atoms with Gasteiger partial charge in [0.15, 0.2) is 5.65 Å². The number of benzene rings is 1. The molecule has 1 aromatic carbocycles. The maximum absolute atomic E-state index is 15.2. The molecular formula is C30H40F3N7O3S. The highest BCUT2D eigenvalue weighted by atomic mass is 32.2. The molecule has 0 spiro atoms. The predicted molar refractivity (Wildman–Crippen MR) is 165 cm³/mol. The number of nitrogens with zero attached hydrogens (tertiary/aromatic N) is 5. The summed E-state index contributed by atoms with van der Waals surface area (Å²) in [4.78, 5) is 29.4. The number of aromatic nitrogens is 4. The second kappa shape index (κ2) is 12.6. The molecule has 10 nitrogen and oxygen atoms in total.